The van der Waals surface area contributed by atoms with E-state index < -0.39 is 4.92 Å². The van der Waals surface area contributed by atoms with Crippen molar-refractivity contribution in [2.75, 3.05) is 5.32 Å². The van der Waals surface area contributed by atoms with Crippen molar-refractivity contribution in [3.63, 3.8) is 0 Å². The van der Waals surface area contributed by atoms with Gasteiger partial charge in [-0.25, -0.2) is 4.39 Å². The molecule has 0 aliphatic heterocycles. The van der Waals surface area contributed by atoms with E-state index in [0.717, 1.165) is 5.56 Å². The molecule has 1 aliphatic rings. The van der Waals surface area contributed by atoms with Crippen molar-refractivity contribution in [2.24, 2.45) is 0 Å². The van der Waals surface area contributed by atoms with Crippen LogP contribution in [-0.4, -0.2) is 4.92 Å². The molecule has 2 aromatic rings. The summed E-state index contributed by atoms with van der Waals surface area (Å²) in [7, 11) is 0. The van der Waals surface area contributed by atoms with Crippen LogP contribution in [-0.2, 0) is 6.42 Å². The number of fused-ring (bicyclic) bond motifs is 1. The number of benzene rings is 2. The van der Waals surface area contributed by atoms with Crippen molar-refractivity contribution in [1.29, 1.82) is 0 Å². The van der Waals surface area contributed by atoms with Crippen LogP contribution in [0.5, 0.6) is 0 Å². The van der Waals surface area contributed by atoms with Crippen LogP contribution >= 0.6 is 11.6 Å². The average molecular weight is 307 g/mol. The zero-order chi connectivity index (χ0) is 15.0. The molecule has 1 unspecified atom stereocenters. The van der Waals surface area contributed by atoms with Gasteiger partial charge in [-0.3, -0.25) is 10.1 Å². The number of nitrogens with one attached hydrogen (secondary N) is 1. The molecule has 0 saturated heterocycles. The highest BCUT2D eigenvalue weighted by molar-refractivity contribution is 6.30. The molecule has 3 rings (SSSR count). The highest BCUT2D eigenvalue weighted by Gasteiger charge is 2.26. The van der Waals surface area contributed by atoms with Gasteiger partial charge in [0.2, 0.25) is 0 Å². The summed E-state index contributed by atoms with van der Waals surface area (Å²) in [5.74, 6) is -0.220. The molecular formula is C15H12ClFN2O2. The SMILES string of the molecule is O=[N+]([O-])c1cc(Cl)ccc1NC1CCc2c(F)cccc21. The fourth-order valence-electron chi connectivity index (χ4n) is 2.73. The minimum absolute atomic E-state index is 0.0765. The molecule has 0 amide bonds. The third-order valence-electron chi connectivity index (χ3n) is 3.70. The number of halogens is 2. The minimum atomic E-state index is -0.477. The third kappa shape index (κ3) is 2.56. The molecular weight excluding hydrogens is 295 g/mol. The van der Waals surface area contributed by atoms with Crippen LogP contribution < -0.4 is 5.32 Å². The van der Waals surface area contributed by atoms with E-state index in [-0.39, 0.29) is 17.5 Å². The van der Waals surface area contributed by atoms with Crippen LogP contribution in [0.15, 0.2) is 36.4 Å². The topological polar surface area (TPSA) is 55.2 Å². The van der Waals surface area contributed by atoms with Gasteiger partial charge in [-0.05, 0) is 42.2 Å². The van der Waals surface area contributed by atoms with Gasteiger partial charge < -0.3 is 5.32 Å². The first-order valence-electron chi connectivity index (χ1n) is 6.54. The largest absolute Gasteiger partial charge is 0.373 e. The van der Waals surface area contributed by atoms with E-state index in [2.05, 4.69) is 5.32 Å². The summed E-state index contributed by atoms with van der Waals surface area (Å²) < 4.78 is 13.7. The first-order valence-corrected chi connectivity index (χ1v) is 6.92. The Morgan fingerprint density at radius 2 is 2.14 bits per heavy atom. The molecule has 0 fully saturated rings. The van der Waals surface area contributed by atoms with Crippen LogP contribution in [0.1, 0.15) is 23.6 Å². The van der Waals surface area contributed by atoms with E-state index in [1.807, 2.05) is 6.07 Å². The fraction of sp³-hybridized carbons (Fsp3) is 0.200. The van der Waals surface area contributed by atoms with Crippen molar-refractivity contribution < 1.29 is 9.31 Å². The lowest BCUT2D eigenvalue weighted by molar-refractivity contribution is -0.384. The standard InChI is InChI=1S/C15H12ClFN2O2/c16-9-4-6-14(15(8-9)19(20)21)18-13-7-5-10-11(13)2-1-3-12(10)17/h1-4,6,8,13,18H,5,7H2. The molecule has 0 spiro atoms. The number of hydrogen-bond donors (Lipinski definition) is 1. The Kier molecular flexibility index (Phi) is 3.51. The highest BCUT2D eigenvalue weighted by Crippen LogP contribution is 2.37. The molecule has 6 heteroatoms. The van der Waals surface area contributed by atoms with Gasteiger partial charge in [0.1, 0.15) is 11.5 Å². The van der Waals surface area contributed by atoms with E-state index in [1.165, 1.54) is 12.1 Å². The number of rotatable bonds is 3. The lowest BCUT2D eigenvalue weighted by Crippen LogP contribution is -2.09. The van der Waals surface area contributed by atoms with Gasteiger partial charge in [-0.2, -0.15) is 0 Å². The lowest BCUT2D eigenvalue weighted by Gasteiger charge is -2.15. The molecule has 2 aromatic carbocycles. The van der Waals surface area contributed by atoms with Gasteiger partial charge in [-0.15, -0.1) is 0 Å². The van der Waals surface area contributed by atoms with Gasteiger partial charge in [0, 0.05) is 11.1 Å². The van der Waals surface area contributed by atoms with E-state index in [1.54, 1.807) is 18.2 Å². The first kappa shape index (κ1) is 13.8. The van der Waals surface area contributed by atoms with Gasteiger partial charge in [0.05, 0.1) is 11.0 Å². The van der Waals surface area contributed by atoms with Crippen LogP contribution in [0.2, 0.25) is 5.02 Å². The third-order valence-corrected chi connectivity index (χ3v) is 3.93. The van der Waals surface area contributed by atoms with E-state index >= 15 is 0 Å². The van der Waals surface area contributed by atoms with Crippen LogP contribution in [0.4, 0.5) is 15.8 Å². The summed E-state index contributed by atoms with van der Waals surface area (Å²) in [6.07, 6.45) is 1.33. The van der Waals surface area contributed by atoms with E-state index in [9.17, 15) is 14.5 Å². The molecule has 1 N–H and O–H groups in total. The van der Waals surface area contributed by atoms with Gasteiger partial charge >= 0.3 is 0 Å². The molecule has 0 aromatic heterocycles. The lowest BCUT2D eigenvalue weighted by atomic mass is 10.1. The fourth-order valence-corrected chi connectivity index (χ4v) is 2.89. The van der Waals surface area contributed by atoms with Gasteiger partial charge in [0.15, 0.2) is 0 Å². The number of nitro benzene ring substituents is 1. The molecule has 4 nitrogen and oxygen atoms in total. The van der Waals surface area contributed by atoms with E-state index in [4.69, 9.17) is 11.6 Å². The van der Waals surface area contributed by atoms with Crippen LogP contribution in [0.25, 0.3) is 0 Å². The quantitative estimate of drug-likeness (QED) is 0.671. The Labute approximate surface area is 125 Å². The number of nitrogens with zero attached hydrogens (tertiary/aromatic N) is 1. The monoisotopic (exact) mass is 306 g/mol. The Hall–Kier alpha value is -2.14. The summed E-state index contributed by atoms with van der Waals surface area (Å²) in [6, 6.07) is 9.30. The predicted octanol–water partition coefficient (Wildman–Crippen LogP) is 4.49. The highest BCUT2D eigenvalue weighted by atomic mass is 35.5. The van der Waals surface area contributed by atoms with Crippen molar-refractivity contribution in [2.45, 2.75) is 18.9 Å². The van der Waals surface area contributed by atoms with Crippen molar-refractivity contribution in [1.82, 2.24) is 0 Å². The van der Waals surface area contributed by atoms with Crippen molar-refractivity contribution in [3.8, 4) is 0 Å². The number of anilines is 1. The van der Waals surface area contributed by atoms with Crippen molar-refractivity contribution in [3.05, 3.63) is 68.5 Å². The Balaban J connectivity index is 1.93. The normalized spacial score (nSPS) is 16.6. The Morgan fingerprint density at radius 1 is 1.33 bits per heavy atom. The summed E-state index contributed by atoms with van der Waals surface area (Å²) in [5, 5.41) is 14.5. The molecule has 0 saturated carbocycles. The summed E-state index contributed by atoms with van der Waals surface area (Å²) >= 11 is 5.80. The molecule has 1 atom stereocenters. The maximum Gasteiger partial charge on any atom is 0.293 e. The zero-order valence-corrected chi connectivity index (χ0v) is 11.7. The number of nitro groups is 1. The zero-order valence-electron chi connectivity index (χ0n) is 11.0. The second-order valence-electron chi connectivity index (χ2n) is 4.96. The maximum absolute atomic E-state index is 13.7. The molecule has 0 radical (unpaired) electrons. The predicted molar refractivity (Wildman–Crippen MR) is 79.2 cm³/mol. The smallest absolute Gasteiger partial charge is 0.293 e. The number of hydrogen-bond acceptors (Lipinski definition) is 3. The van der Waals surface area contributed by atoms with Crippen LogP contribution in [0, 0.1) is 15.9 Å². The van der Waals surface area contributed by atoms with Gasteiger partial charge in [-0.1, -0.05) is 23.7 Å². The summed E-state index contributed by atoms with van der Waals surface area (Å²) in [5.41, 5.74) is 1.87. The van der Waals surface area contributed by atoms with E-state index in [0.29, 0.717) is 29.1 Å². The minimum Gasteiger partial charge on any atom is -0.373 e. The average Bonchev–Trinajstić information content (AvgIpc) is 2.85. The maximum atomic E-state index is 13.7. The summed E-state index contributed by atoms with van der Waals surface area (Å²) in [4.78, 5) is 10.6. The first-order chi connectivity index (χ1) is 10.1. The molecule has 0 bridgehead atoms. The molecule has 1 aliphatic carbocycles. The van der Waals surface area contributed by atoms with Crippen molar-refractivity contribution >= 4 is 23.0 Å². The summed E-state index contributed by atoms with van der Waals surface area (Å²) in [6.45, 7) is 0. The van der Waals surface area contributed by atoms with Crippen LogP contribution in [0.3, 0.4) is 0 Å². The van der Waals surface area contributed by atoms with Gasteiger partial charge in [0.25, 0.3) is 5.69 Å². The molecule has 0 heterocycles. The second-order valence-corrected chi connectivity index (χ2v) is 5.40. The second kappa shape index (κ2) is 5.33. The Bertz CT molecular complexity index is 721. The Morgan fingerprint density at radius 3 is 2.90 bits per heavy atom. The molecule has 108 valence electrons. The molecule has 21 heavy (non-hydrogen) atoms.